The van der Waals surface area contributed by atoms with Crippen molar-refractivity contribution in [3.63, 3.8) is 0 Å². The highest BCUT2D eigenvalue weighted by atomic mass is 32.2. The van der Waals surface area contributed by atoms with Gasteiger partial charge in [-0.25, -0.2) is 4.79 Å². The van der Waals surface area contributed by atoms with Crippen molar-refractivity contribution >= 4 is 16.4 Å². The van der Waals surface area contributed by atoms with Crippen molar-refractivity contribution in [1.82, 2.24) is 4.72 Å². The Morgan fingerprint density at radius 1 is 1.33 bits per heavy atom. The third kappa shape index (κ3) is 4.34. The summed E-state index contributed by atoms with van der Waals surface area (Å²) in [6.45, 7) is 6.02. The van der Waals surface area contributed by atoms with E-state index in [1.54, 1.807) is 0 Å². The number of ether oxygens (including phenoxy) is 1. The first-order valence-electron chi connectivity index (χ1n) is 2.65. The first kappa shape index (κ1) is 10.5. The minimum Gasteiger partial charge on any atom is -0.418 e. The normalized spacial score (nSPS) is 9.67. The van der Waals surface area contributed by atoms with Crippen molar-refractivity contribution < 1.29 is 22.1 Å². The van der Waals surface area contributed by atoms with E-state index in [1.807, 2.05) is 0 Å². The summed E-state index contributed by atoms with van der Waals surface area (Å²) in [5, 5.41) is 0. The lowest BCUT2D eigenvalue weighted by atomic mass is 11.1. The Labute approximate surface area is 69.7 Å². The Kier molecular flexibility index (Phi) is 3.84. The topological polar surface area (TPSA) is 81.7 Å². The molecule has 0 atom stereocenters. The van der Waals surface area contributed by atoms with Crippen LogP contribution in [0.2, 0.25) is 0 Å². The zero-order valence-electron chi connectivity index (χ0n) is 6.02. The van der Waals surface area contributed by atoms with Crippen LogP contribution >= 0.6 is 0 Å². The van der Waals surface area contributed by atoms with Gasteiger partial charge in [-0.15, -0.1) is 0 Å². The molecule has 1 N–H and O–H groups in total. The molecule has 7 heteroatoms. The Bertz CT molecular complexity index is 280. The van der Waals surface area contributed by atoms with Crippen LogP contribution in [0.1, 0.15) is 0 Å². The summed E-state index contributed by atoms with van der Waals surface area (Å²) in [7, 11) is -4.14. The van der Waals surface area contributed by atoms with Gasteiger partial charge in [-0.1, -0.05) is 13.2 Å². The molecule has 0 rings (SSSR count). The van der Waals surface area contributed by atoms with Crippen molar-refractivity contribution in [3.8, 4) is 0 Å². The average Bonchev–Trinajstić information content (AvgIpc) is 1.85. The Hall–Kier alpha value is -1.50. The van der Waals surface area contributed by atoms with Crippen molar-refractivity contribution in [1.29, 1.82) is 0 Å². The smallest absolute Gasteiger partial charge is 0.418 e. The molecule has 0 aliphatic heterocycles. The standard InChI is InChI=1S/C5H7NO5S/c1-3-10-5(7)6-12(8,9)11-4-2/h3-4H,1-2H2,(H,6,7). The summed E-state index contributed by atoms with van der Waals surface area (Å²) in [6, 6.07) is 0. The molecule has 0 radical (unpaired) electrons. The minimum atomic E-state index is -4.14. The van der Waals surface area contributed by atoms with Gasteiger partial charge in [0.15, 0.2) is 0 Å². The van der Waals surface area contributed by atoms with Crippen LogP contribution in [0.3, 0.4) is 0 Å². The van der Waals surface area contributed by atoms with E-state index in [-0.39, 0.29) is 0 Å². The van der Waals surface area contributed by atoms with Crippen molar-refractivity contribution in [2.75, 3.05) is 0 Å². The predicted octanol–water partition coefficient (Wildman–Crippen LogP) is 0.261. The molecular weight excluding hydrogens is 186 g/mol. The average molecular weight is 193 g/mol. The van der Waals surface area contributed by atoms with Crippen molar-refractivity contribution in [2.24, 2.45) is 0 Å². The lowest BCUT2D eigenvalue weighted by Gasteiger charge is -2.02. The van der Waals surface area contributed by atoms with Crippen LogP contribution in [0.4, 0.5) is 4.79 Å². The molecule has 0 aliphatic rings. The summed E-state index contributed by atoms with van der Waals surface area (Å²) in [5.74, 6) is 0. The van der Waals surface area contributed by atoms with E-state index in [1.165, 1.54) is 4.72 Å². The second-order valence-corrected chi connectivity index (χ2v) is 2.70. The zero-order valence-corrected chi connectivity index (χ0v) is 6.83. The molecular formula is C5H7NO5S. The number of amides is 1. The largest absolute Gasteiger partial charge is 0.428 e. The summed E-state index contributed by atoms with van der Waals surface area (Å²) in [4.78, 5) is 10.4. The molecule has 0 aliphatic carbocycles. The SMILES string of the molecule is C=COC(=O)NS(=O)(=O)OC=C. The van der Waals surface area contributed by atoms with Gasteiger partial charge >= 0.3 is 16.4 Å². The molecule has 0 unspecified atom stereocenters. The van der Waals surface area contributed by atoms with Crippen LogP contribution in [0.5, 0.6) is 0 Å². The Balaban J connectivity index is 4.15. The van der Waals surface area contributed by atoms with Gasteiger partial charge in [0.2, 0.25) is 0 Å². The molecule has 0 saturated carbocycles. The highest BCUT2D eigenvalue weighted by Gasteiger charge is 2.13. The van der Waals surface area contributed by atoms with Gasteiger partial charge in [0.1, 0.15) is 6.26 Å². The summed E-state index contributed by atoms with van der Waals surface area (Å²) in [6.07, 6.45) is 0.231. The Morgan fingerprint density at radius 3 is 2.33 bits per heavy atom. The maximum Gasteiger partial charge on any atom is 0.428 e. The summed E-state index contributed by atoms with van der Waals surface area (Å²) >= 11 is 0. The van der Waals surface area contributed by atoms with E-state index in [2.05, 4.69) is 22.1 Å². The van der Waals surface area contributed by atoms with E-state index in [9.17, 15) is 13.2 Å². The van der Waals surface area contributed by atoms with Crippen LogP contribution in [0.25, 0.3) is 0 Å². The van der Waals surface area contributed by atoms with E-state index < -0.39 is 16.4 Å². The second-order valence-electron chi connectivity index (χ2n) is 1.39. The zero-order chi connectivity index (χ0) is 9.61. The number of hydrogen-bond donors (Lipinski definition) is 1. The number of carbonyl (C=O) groups is 1. The molecule has 6 nitrogen and oxygen atoms in total. The number of carbonyl (C=O) groups excluding carboxylic acids is 1. The van der Waals surface area contributed by atoms with E-state index in [0.29, 0.717) is 6.26 Å². The minimum absolute atomic E-state index is 0.656. The monoisotopic (exact) mass is 193 g/mol. The molecule has 12 heavy (non-hydrogen) atoms. The van der Waals surface area contributed by atoms with Crippen molar-refractivity contribution in [3.05, 3.63) is 25.7 Å². The predicted molar refractivity (Wildman–Crippen MR) is 40.0 cm³/mol. The molecule has 0 saturated heterocycles. The number of rotatable bonds is 4. The van der Waals surface area contributed by atoms with Gasteiger partial charge in [-0.2, -0.15) is 13.1 Å². The van der Waals surface area contributed by atoms with Crippen LogP contribution in [-0.2, 0) is 19.2 Å². The lowest BCUT2D eigenvalue weighted by Crippen LogP contribution is -2.30. The highest BCUT2D eigenvalue weighted by Crippen LogP contribution is 1.89. The molecule has 0 aromatic heterocycles. The van der Waals surface area contributed by atoms with Crippen molar-refractivity contribution in [2.45, 2.75) is 0 Å². The quantitative estimate of drug-likeness (QED) is 0.647. The summed E-state index contributed by atoms with van der Waals surface area (Å²) in [5.41, 5.74) is 0. The number of hydrogen-bond acceptors (Lipinski definition) is 5. The van der Waals surface area contributed by atoms with Crippen LogP contribution in [0.15, 0.2) is 25.7 Å². The van der Waals surface area contributed by atoms with Gasteiger partial charge in [-0.05, 0) is 0 Å². The number of nitrogens with one attached hydrogen (secondary N) is 1. The van der Waals surface area contributed by atoms with E-state index >= 15 is 0 Å². The molecule has 68 valence electrons. The van der Waals surface area contributed by atoms with Gasteiger partial charge < -0.3 is 8.92 Å². The molecule has 0 fully saturated rings. The van der Waals surface area contributed by atoms with Crippen LogP contribution in [0, 0.1) is 0 Å². The van der Waals surface area contributed by atoms with E-state index in [0.717, 1.165) is 6.26 Å². The van der Waals surface area contributed by atoms with Gasteiger partial charge in [0.25, 0.3) is 0 Å². The molecule has 0 heterocycles. The van der Waals surface area contributed by atoms with Crippen LogP contribution in [-0.4, -0.2) is 14.5 Å². The summed E-state index contributed by atoms with van der Waals surface area (Å²) < 4.78 is 30.5. The fourth-order valence-corrected chi connectivity index (χ4v) is 0.795. The maximum absolute atomic E-state index is 10.6. The highest BCUT2D eigenvalue weighted by molar-refractivity contribution is 7.85. The second kappa shape index (κ2) is 4.39. The molecule has 0 aromatic carbocycles. The molecule has 0 spiro atoms. The third-order valence-corrected chi connectivity index (χ3v) is 1.40. The molecule has 0 bridgehead atoms. The maximum atomic E-state index is 10.6. The van der Waals surface area contributed by atoms with Crippen LogP contribution < -0.4 is 4.72 Å². The fraction of sp³-hybridized carbons (Fsp3) is 0. The first-order chi connectivity index (χ1) is 5.52. The van der Waals surface area contributed by atoms with E-state index in [4.69, 9.17) is 0 Å². The molecule has 0 aromatic rings. The Morgan fingerprint density at radius 2 is 1.92 bits per heavy atom. The van der Waals surface area contributed by atoms with Gasteiger partial charge in [-0.3, -0.25) is 0 Å². The molecule has 1 amide bonds. The first-order valence-corrected chi connectivity index (χ1v) is 4.06. The third-order valence-electron chi connectivity index (χ3n) is 0.593. The fourth-order valence-electron chi connectivity index (χ4n) is 0.315. The lowest BCUT2D eigenvalue weighted by molar-refractivity contribution is 0.191. The van der Waals surface area contributed by atoms with Gasteiger partial charge in [0, 0.05) is 0 Å². The van der Waals surface area contributed by atoms with Gasteiger partial charge in [0.05, 0.1) is 6.26 Å².